The van der Waals surface area contributed by atoms with Crippen molar-refractivity contribution >= 4 is 24.2 Å². The first-order valence-electron chi connectivity index (χ1n) is 8.68. The zero-order valence-corrected chi connectivity index (χ0v) is 15.0. The second-order valence-corrected chi connectivity index (χ2v) is 6.59. The highest BCUT2D eigenvalue weighted by atomic mass is 35.5. The van der Waals surface area contributed by atoms with Gasteiger partial charge < -0.3 is 15.5 Å². The van der Waals surface area contributed by atoms with Crippen LogP contribution in [0.25, 0.3) is 0 Å². The largest absolute Gasteiger partial charge is 0.352 e. The van der Waals surface area contributed by atoms with E-state index in [4.69, 9.17) is 0 Å². The van der Waals surface area contributed by atoms with Crippen LogP contribution >= 0.6 is 12.4 Å². The molecule has 1 atom stereocenters. The molecule has 1 unspecified atom stereocenters. The van der Waals surface area contributed by atoms with Crippen molar-refractivity contribution in [3.05, 3.63) is 35.6 Å². The lowest BCUT2D eigenvalue weighted by atomic mass is 9.95. The minimum atomic E-state index is -0.279. The lowest BCUT2D eigenvalue weighted by molar-refractivity contribution is -0.137. The summed E-state index contributed by atoms with van der Waals surface area (Å²) >= 11 is 0. The van der Waals surface area contributed by atoms with E-state index in [0.717, 1.165) is 24.9 Å². The van der Waals surface area contributed by atoms with E-state index in [2.05, 4.69) is 10.6 Å². The van der Waals surface area contributed by atoms with Gasteiger partial charge >= 0.3 is 0 Å². The quantitative estimate of drug-likeness (QED) is 0.851. The van der Waals surface area contributed by atoms with Crippen molar-refractivity contribution in [3.8, 4) is 0 Å². The second-order valence-electron chi connectivity index (χ2n) is 6.59. The normalized spacial score (nSPS) is 20.8. The van der Waals surface area contributed by atoms with E-state index in [1.165, 1.54) is 12.1 Å². The molecule has 25 heavy (non-hydrogen) atoms. The third-order valence-electron chi connectivity index (χ3n) is 4.92. The van der Waals surface area contributed by atoms with Crippen molar-refractivity contribution in [2.24, 2.45) is 5.92 Å². The summed E-state index contributed by atoms with van der Waals surface area (Å²) in [5, 5.41) is 6.14. The van der Waals surface area contributed by atoms with Gasteiger partial charge in [-0.1, -0.05) is 12.1 Å². The molecule has 0 aromatic heterocycles. The molecule has 1 aromatic carbocycles. The Labute approximate surface area is 153 Å². The molecule has 2 aliphatic heterocycles. The predicted octanol–water partition coefficient (Wildman–Crippen LogP) is 1.85. The SMILES string of the molecule is Cl.O=C(NCc1ccc(F)cc1)C1CCN(C(=O)C2CCCN2)CC1. The molecule has 7 heteroatoms. The fraction of sp³-hybridized carbons (Fsp3) is 0.556. The van der Waals surface area contributed by atoms with Crippen LogP contribution in [0.3, 0.4) is 0 Å². The Kier molecular flexibility index (Phi) is 7.20. The van der Waals surface area contributed by atoms with Crippen LogP contribution in [0.1, 0.15) is 31.2 Å². The van der Waals surface area contributed by atoms with Gasteiger partial charge in [0.15, 0.2) is 0 Å². The maximum absolute atomic E-state index is 12.9. The van der Waals surface area contributed by atoms with Gasteiger partial charge in [0, 0.05) is 25.6 Å². The third-order valence-corrected chi connectivity index (χ3v) is 4.92. The number of hydrogen-bond donors (Lipinski definition) is 2. The summed E-state index contributed by atoms with van der Waals surface area (Å²) in [5.74, 6) is -0.131. The Bertz CT molecular complexity index is 582. The zero-order chi connectivity index (χ0) is 16.9. The Morgan fingerprint density at radius 3 is 2.44 bits per heavy atom. The van der Waals surface area contributed by atoms with Crippen LogP contribution in [0.4, 0.5) is 4.39 Å². The molecule has 0 aliphatic carbocycles. The number of halogens is 2. The summed E-state index contributed by atoms with van der Waals surface area (Å²) in [6, 6.07) is 6.09. The van der Waals surface area contributed by atoms with E-state index in [0.29, 0.717) is 32.5 Å². The number of likely N-dealkylation sites (tertiary alicyclic amines) is 1. The fourth-order valence-corrected chi connectivity index (χ4v) is 3.41. The minimum Gasteiger partial charge on any atom is -0.352 e. The molecule has 2 saturated heterocycles. The molecule has 138 valence electrons. The number of piperidine rings is 1. The first-order valence-corrected chi connectivity index (χ1v) is 8.68. The van der Waals surface area contributed by atoms with Gasteiger partial charge in [0.05, 0.1) is 6.04 Å². The van der Waals surface area contributed by atoms with Crippen molar-refractivity contribution in [2.75, 3.05) is 19.6 Å². The summed E-state index contributed by atoms with van der Waals surface area (Å²) < 4.78 is 12.9. The van der Waals surface area contributed by atoms with Crippen LogP contribution in [-0.2, 0) is 16.1 Å². The van der Waals surface area contributed by atoms with Crippen LogP contribution in [0.15, 0.2) is 24.3 Å². The molecular formula is C18H25ClFN3O2. The average molecular weight is 370 g/mol. The van der Waals surface area contributed by atoms with Gasteiger partial charge in [-0.05, 0) is 49.9 Å². The van der Waals surface area contributed by atoms with E-state index >= 15 is 0 Å². The molecule has 2 heterocycles. The summed E-state index contributed by atoms with van der Waals surface area (Å²) in [6.07, 6.45) is 3.37. The Balaban J connectivity index is 0.00000225. The summed E-state index contributed by atoms with van der Waals surface area (Å²) in [4.78, 5) is 26.5. The number of carbonyl (C=O) groups excluding carboxylic acids is 2. The van der Waals surface area contributed by atoms with E-state index in [1.807, 2.05) is 4.90 Å². The monoisotopic (exact) mass is 369 g/mol. The molecule has 2 amide bonds. The van der Waals surface area contributed by atoms with Gasteiger partial charge in [-0.15, -0.1) is 12.4 Å². The Morgan fingerprint density at radius 1 is 1.16 bits per heavy atom. The van der Waals surface area contributed by atoms with E-state index in [-0.39, 0.29) is 42.0 Å². The van der Waals surface area contributed by atoms with Crippen LogP contribution < -0.4 is 10.6 Å². The van der Waals surface area contributed by atoms with Crippen LogP contribution in [-0.4, -0.2) is 42.4 Å². The average Bonchev–Trinajstić information content (AvgIpc) is 3.15. The lowest BCUT2D eigenvalue weighted by Gasteiger charge is -2.33. The third kappa shape index (κ3) is 5.16. The van der Waals surface area contributed by atoms with Crippen molar-refractivity contribution in [1.82, 2.24) is 15.5 Å². The molecule has 0 saturated carbocycles. The van der Waals surface area contributed by atoms with Gasteiger partial charge in [0.2, 0.25) is 11.8 Å². The first kappa shape index (κ1) is 19.7. The molecular weight excluding hydrogens is 345 g/mol. The molecule has 2 fully saturated rings. The van der Waals surface area contributed by atoms with Crippen molar-refractivity contribution in [1.29, 1.82) is 0 Å². The van der Waals surface area contributed by atoms with Crippen LogP contribution in [0.2, 0.25) is 0 Å². The molecule has 0 spiro atoms. The van der Waals surface area contributed by atoms with Gasteiger partial charge in [-0.2, -0.15) is 0 Å². The van der Waals surface area contributed by atoms with Crippen LogP contribution in [0.5, 0.6) is 0 Å². The summed E-state index contributed by atoms with van der Waals surface area (Å²) in [7, 11) is 0. The van der Waals surface area contributed by atoms with Crippen molar-refractivity contribution in [2.45, 2.75) is 38.3 Å². The molecule has 1 aromatic rings. The zero-order valence-electron chi connectivity index (χ0n) is 14.2. The number of nitrogens with one attached hydrogen (secondary N) is 2. The molecule has 5 nitrogen and oxygen atoms in total. The number of amides is 2. The number of rotatable bonds is 4. The van der Waals surface area contributed by atoms with Gasteiger partial charge in [-0.3, -0.25) is 9.59 Å². The van der Waals surface area contributed by atoms with E-state index in [9.17, 15) is 14.0 Å². The Hall–Kier alpha value is -1.66. The number of benzene rings is 1. The van der Waals surface area contributed by atoms with E-state index in [1.54, 1.807) is 12.1 Å². The molecule has 0 radical (unpaired) electrons. The van der Waals surface area contributed by atoms with Gasteiger partial charge in [0.1, 0.15) is 5.82 Å². The molecule has 2 aliphatic rings. The molecule has 2 N–H and O–H groups in total. The topological polar surface area (TPSA) is 61.4 Å². The van der Waals surface area contributed by atoms with Gasteiger partial charge in [0.25, 0.3) is 0 Å². The summed E-state index contributed by atoms with van der Waals surface area (Å²) in [5.41, 5.74) is 0.879. The van der Waals surface area contributed by atoms with Gasteiger partial charge in [-0.25, -0.2) is 4.39 Å². The highest BCUT2D eigenvalue weighted by Gasteiger charge is 2.31. The summed E-state index contributed by atoms with van der Waals surface area (Å²) in [6.45, 7) is 2.61. The smallest absolute Gasteiger partial charge is 0.239 e. The number of carbonyl (C=O) groups is 2. The lowest BCUT2D eigenvalue weighted by Crippen LogP contribution is -2.48. The number of hydrogen-bond acceptors (Lipinski definition) is 3. The highest BCUT2D eigenvalue weighted by molar-refractivity contribution is 5.85. The molecule has 0 bridgehead atoms. The molecule has 3 rings (SSSR count). The number of nitrogens with zero attached hydrogens (tertiary/aromatic N) is 1. The highest BCUT2D eigenvalue weighted by Crippen LogP contribution is 2.20. The second kappa shape index (κ2) is 9.15. The standard InChI is InChI=1S/C18H24FN3O2.ClH/c19-15-5-3-13(4-6-15)12-21-17(23)14-7-10-22(11-8-14)18(24)16-2-1-9-20-16;/h3-6,14,16,20H,1-2,7-12H2,(H,21,23);1H. The maximum atomic E-state index is 12.9. The van der Waals surface area contributed by atoms with E-state index < -0.39 is 0 Å². The van der Waals surface area contributed by atoms with Crippen LogP contribution in [0, 0.1) is 11.7 Å². The maximum Gasteiger partial charge on any atom is 0.239 e. The van der Waals surface area contributed by atoms with Crippen molar-refractivity contribution in [3.63, 3.8) is 0 Å². The minimum absolute atomic E-state index is 0. The Morgan fingerprint density at radius 2 is 1.84 bits per heavy atom. The van der Waals surface area contributed by atoms with Crippen molar-refractivity contribution < 1.29 is 14.0 Å². The first-order chi connectivity index (χ1) is 11.6. The predicted molar refractivity (Wildman–Crippen MR) is 95.8 cm³/mol. The fourth-order valence-electron chi connectivity index (χ4n) is 3.41.